The van der Waals surface area contributed by atoms with Gasteiger partial charge < -0.3 is 14.3 Å². The molecule has 1 amide bonds. The van der Waals surface area contributed by atoms with Gasteiger partial charge in [0.2, 0.25) is 5.91 Å². The number of likely N-dealkylation sites (tertiary alicyclic amines) is 1. The first-order chi connectivity index (χ1) is 15.5. The van der Waals surface area contributed by atoms with Gasteiger partial charge in [0.25, 0.3) is 0 Å². The molecule has 1 aliphatic carbocycles. The van der Waals surface area contributed by atoms with Crippen molar-refractivity contribution in [3.8, 4) is 0 Å². The van der Waals surface area contributed by atoms with Gasteiger partial charge in [-0.1, -0.05) is 42.3 Å². The predicted octanol–water partition coefficient (Wildman–Crippen LogP) is 4.87. The number of carbonyl (C=O) groups excluding carboxylic acids is 1. The largest absolute Gasteiger partial charge is 0.361 e. The molecule has 2 aliphatic rings. The first kappa shape index (κ1) is 23.0. The van der Waals surface area contributed by atoms with Gasteiger partial charge in [-0.25, -0.2) is 0 Å². The predicted molar refractivity (Wildman–Crippen MR) is 128 cm³/mol. The van der Waals surface area contributed by atoms with Crippen LogP contribution in [0.15, 0.2) is 28.8 Å². The minimum Gasteiger partial charge on any atom is -0.361 e. The minimum atomic E-state index is 0.258. The zero-order valence-corrected chi connectivity index (χ0v) is 20.1. The SMILES string of the molecule is Cc1ccccc1CCN1CCC(CN(C(=O)Cc2c(C)noc2C)C2CCCC2)CC1. The molecule has 5 nitrogen and oxygen atoms in total. The van der Waals surface area contributed by atoms with Gasteiger partial charge in [-0.15, -0.1) is 0 Å². The highest BCUT2D eigenvalue weighted by atomic mass is 16.5. The van der Waals surface area contributed by atoms with E-state index in [0.29, 0.717) is 18.4 Å². The van der Waals surface area contributed by atoms with Gasteiger partial charge in [-0.2, -0.15) is 0 Å². The number of carbonyl (C=O) groups is 1. The highest BCUT2D eigenvalue weighted by molar-refractivity contribution is 5.79. The molecule has 0 spiro atoms. The van der Waals surface area contributed by atoms with E-state index in [0.717, 1.165) is 62.5 Å². The monoisotopic (exact) mass is 437 g/mol. The van der Waals surface area contributed by atoms with Crippen molar-refractivity contribution in [3.63, 3.8) is 0 Å². The normalized spacial score (nSPS) is 18.3. The summed E-state index contributed by atoms with van der Waals surface area (Å²) < 4.78 is 5.30. The second-order valence-corrected chi connectivity index (χ2v) is 9.93. The van der Waals surface area contributed by atoms with Crippen molar-refractivity contribution in [3.05, 3.63) is 52.4 Å². The third kappa shape index (κ3) is 5.61. The molecule has 4 rings (SSSR count). The summed E-state index contributed by atoms with van der Waals surface area (Å²) >= 11 is 0. The lowest BCUT2D eigenvalue weighted by atomic mass is 9.94. The molecule has 32 heavy (non-hydrogen) atoms. The van der Waals surface area contributed by atoms with Gasteiger partial charge in [0, 0.05) is 24.7 Å². The van der Waals surface area contributed by atoms with E-state index in [1.54, 1.807) is 0 Å². The Kier molecular flexibility index (Phi) is 7.67. The van der Waals surface area contributed by atoms with Crippen LogP contribution in [0.2, 0.25) is 0 Å². The summed E-state index contributed by atoms with van der Waals surface area (Å²) in [6.07, 6.45) is 8.74. The lowest BCUT2D eigenvalue weighted by molar-refractivity contribution is -0.133. The highest BCUT2D eigenvalue weighted by Gasteiger charge is 2.31. The van der Waals surface area contributed by atoms with E-state index < -0.39 is 0 Å². The maximum atomic E-state index is 13.4. The maximum absolute atomic E-state index is 13.4. The van der Waals surface area contributed by atoms with Crippen LogP contribution in [-0.4, -0.2) is 53.1 Å². The van der Waals surface area contributed by atoms with Crippen LogP contribution >= 0.6 is 0 Å². The average Bonchev–Trinajstić information content (AvgIpc) is 3.44. The Morgan fingerprint density at radius 3 is 2.47 bits per heavy atom. The summed E-state index contributed by atoms with van der Waals surface area (Å²) in [7, 11) is 0. The first-order valence-electron chi connectivity index (χ1n) is 12.5. The number of piperidine rings is 1. The molecular formula is C27H39N3O2. The molecule has 1 saturated heterocycles. The van der Waals surface area contributed by atoms with E-state index in [1.165, 1.54) is 36.8 Å². The van der Waals surface area contributed by atoms with Gasteiger partial charge >= 0.3 is 0 Å². The van der Waals surface area contributed by atoms with E-state index in [-0.39, 0.29) is 5.91 Å². The molecule has 174 valence electrons. The zero-order valence-electron chi connectivity index (χ0n) is 20.1. The van der Waals surface area contributed by atoms with E-state index >= 15 is 0 Å². The Labute approximate surface area is 193 Å². The zero-order chi connectivity index (χ0) is 22.5. The minimum absolute atomic E-state index is 0.258. The molecule has 0 atom stereocenters. The first-order valence-corrected chi connectivity index (χ1v) is 12.5. The Hall–Kier alpha value is -2.14. The quantitative estimate of drug-likeness (QED) is 0.591. The van der Waals surface area contributed by atoms with Crippen molar-refractivity contribution < 1.29 is 9.32 Å². The van der Waals surface area contributed by atoms with Crippen molar-refractivity contribution >= 4 is 5.91 Å². The Balaban J connectivity index is 1.31. The van der Waals surface area contributed by atoms with Gasteiger partial charge in [0.15, 0.2) is 0 Å². The molecule has 1 aromatic heterocycles. The lowest BCUT2D eigenvalue weighted by Gasteiger charge is -2.37. The van der Waals surface area contributed by atoms with E-state index in [9.17, 15) is 4.79 Å². The fourth-order valence-electron chi connectivity index (χ4n) is 5.52. The summed E-state index contributed by atoms with van der Waals surface area (Å²) in [5, 5.41) is 4.04. The van der Waals surface area contributed by atoms with E-state index in [4.69, 9.17) is 4.52 Å². The van der Waals surface area contributed by atoms with Crippen molar-refractivity contribution in [1.29, 1.82) is 0 Å². The van der Waals surface area contributed by atoms with Crippen LogP contribution in [0, 0.1) is 26.7 Å². The van der Waals surface area contributed by atoms with E-state index in [2.05, 4.69) is 46.1 Å². The van der Waals surface area contributed by atoms with Gasteiger partial charge in [-0.05, 0) is 83.0 Å². The standard InChI is InChI=1S/C27H39N3O2/c1-20-8-4-5-9-24(20)14-17-29-15-12-23(13-16-29)19-30(25-10-6-7-11-25)27(31)18-26-21(2)28-32-22(26)3/h4-5,8-9,23,25H,6-7,10-19H2,1-3H3. The second kappa shape index (κ2) is 10.7. The Morgan fingerprint density at radius 1 is 1.09 bits per heavy atom. The molecular weight excluding hydrogens is 398 g/mol. The van der Waals surface area contributed by atoms with Crippen LogP contribution in [0.5, 0.6) is 0 Å². The van der Waals surface area contributed by atoms with Crippen LogP contribution in [0.3, 0.4) is 0 Å². The Bertz CT molecular complexity index is 873. The fraction of sp³-hybridized carbons (Fsp3) is 0.630. The molecule has 2 fully saturated rings. The molecule has 2 heterocycles. The number of hydrogen-bond acceptors (Lipinski definition) is 4. The number of rotatable bonds is 8. The van der Waals surface area contributed by atoms with Crippen molar-refractivity contribution in [2.45, 2.75) is 78.2 Å². The molecule has 0 unspecified atom stereocenters. The number of benzene rings is 1. The summed E-state index contributed by atoms with van der Waals surface area (Å²) in [5.74, 6) is 1.65. The van der Waals surface area contributed by atoms with Crippen LogP contribution in [0.1, 0.15) is 66.7 Å². The van der Waals surface area contributed by atoms with Crippen LogP contribution in [0.25, 0.3) is 0 Å². The third-order valence-electron chi connectivity index (χ3n) is 7.72. The number of amides is 1. The average molecular weight is 438 g/mol. The Morgan fingerprint density at radius 2 is 1.81 bits per heavy atom. The molecule has 0 bridgehead atoms. The summed E-state index contributed by atoms with van der Waals surface area (Å²) in [6.45, 7) is 10.4. The third-order valence-corrected chi connectivity index (χ3v) is 7.72. The molecule has 1 aromatic carbocycles. The van der Waals surface area contributed by atoms with Crippen LogP contribution in [-0.2, 0) is 17.6 Å². The molecule has 1 saturated carbocycles. The summed E-state index contributed by atoms with van der Waals surface area (Å²) in [5.41, 5.74) is 4.69. The molecule has 2 aromatic rings. The van der Waals surface area contributed by atoms with Crippen molar-refractivity contribution in [2.75, 3.05) is 26.2 Å². The van der Waals surface area contributed by atoms with Crippen LogP contribution in [0.4, 0.5) is 0 Å². The molecule has 1 aliphatic heterocycles. The number of hydrogen-bond donors (Lipinski definition) is 0. The highest BCUT2D eigenvalue weighted by Crippen LogP contribution is 2.28. The van der Waals surface area contributed by atoms with Crippen LogP contribution < -0.4 is 0 Å². The molecule has 0 N–H and O–H groups in total. The molecule has 5 heteroatoms. The second-order valence-electron chi connectivity index (χ2n) is 9.93. The molecule has 0 radical (unpaired) electrons. The van der Waals surface area contributed by atoms with Gasteiger partial charge in [-0.3, -0.25) is 4.79 Å². The maximum Gasteiger partial charge on any atom is 0.227 e. The lowest BCUT2D eigenvalue weighted by Crippen LogP contribution is -2.45. The van der Waals surface area contributed by atoms with E-state index in [1.807, 2.05) is 13.8 Å². The van der Waals surface area contributed by atoms with Gasteiger partial charge in [0.1, 0.15) is 5.76 Å². The summed E-state index contributed by atoms with van der Waals surface area (Å²) in [6, 6.07) is 9.14. The number of aromatic nitrogens is 1. The van der Waals surface area contributed by atoms with Crippen molar-refractivity contribution in [1.82, 2.24) is 15.0 Å². The summed E-state index contributed by atoms with van der Waals surface area (Å²) in [4.78, 5) is 18.2. The fourth-order valence-corrected chi connectivity index (χ4v) is 5.52. The number of aryl methyl sites for hydroxylation is 3. The number of nitrogens with zero attached hydrogens (tertiary/aromatic N) is 3. The van der Waals surface area contributed by atoms with Gasteiger partial charge in [0.05, 0.1) is 12.1 Å². The topological polar surface area (TPSA) is 49.6 Å². The smallest absolute Gasteiger partial charge is 0.227 e. The van der Waals surface area contributed by atoms with Crippen molar-refractivity contribution in [2.24, 2.45) is 5.92 Å².